The van der Waals surface area contributed by atoms with Gasteiger partial charge in [-0.05, 0) is 42.0 Å². The van der Waals surface area contributed by atoms with E-state index in [1.165, 1.54) is 11.3 Å². The van der Waals surface area contributed by atoms with Gasteiger partial charge in [0.1, 0.15) is 16.9 Å². The fourth-order valence-corrected chi connectivity index (χ4v) is 3.87. The van der Waals surface area contributed by atoms with Gasteiger partial charge >= 0.3 is 0 Å². The molecule has 2 N–H and O–H groups in total. The van der Waals surface area contributed by atoms with Crippen molar-refractivity contribution in [1.29, 1.82) is 0 Å². The number of fused-ring (bicyclic) bond motifs is 1. The fourth-order valence-electron chi connectivity index (χ4n) is 2.56. The highest BCUT2D eigenvalue weighted by molar-refractivity contribution is 7.73. The van der Waals surface area contributed by atoms with E-state index in [2.05, 4.69) is 15.6 Å². The summed E-state index contributed by atoms with van der Waals surface area (Å²) in [5, 5.41) is 6.33. The highest BCUT2D eigenvalue weighted by Crippen LogP contribution is 2.34. The molecule has 0 spiro atoms. The van der Waals surface area contributed by atoms with Crippen LogP contribution >= 0.6 is 23.6 Å². The number of hydrogen-bond acceptors (Lipinski definition) is 5. The van der Waals surface area contributed by atoms with Crippen molar-refractivity contribution in [2.75, 3.05) is 5.32 Å². The van der Waals surface area contributed by atoms with Gasteiger partial charge in [0.05, 0.1) is 0 Å². The zero-order valence-corrected chi connectivity index (χ0v) is 13.5. The van der Waals surface area contributed by atoms with Crippen LogP contribution in [0.5, 0.6) is 0 Å². The van der Waals surface area contributed by atoms with E-state index in [9.17, 15) is 4.79 Å². The second-order valence-electron chi connectivity index (χ2n) is 5.05. The number of anilines is 1. The van der Waals surface area contributed by atoms with Crippen LogP contribution in [0.2, 0.25) is 0 Å². The monoisotopic (exact) mass is 340 g/mol. The van der Waals surface area contributed by atoms with Crippen LogP contribution in [-0.2, 0) is 0 Å². The number of nitrogens with zero attached hydrogens (tertiary/aromatic N) is 2. The van der Waals surface area contributed by atoms with Crippen molar-refractivity contribution in [2.24, 2.45) is 0 Å². The first-order chi connectivity index (χ1) is 11.2. The molecule has 0 aliphatic carbocycles. The number of thiazole rings is 1. The molecule has 0 unspecified atom stereocenters. The molecule has 0 bridgehead atoms. The fraction of sp³-hybridized carbons (Fsp3) is 0.0625. The Bertz CT molecular complexity index is 918. The molecule has 7 heteroatoms. The number of nitrogens with one attached hydrogen (secondary N) is 2. The molecular formula is C16H12N4OS2. The summed E-state index contributed by atoms with van der Waals surface area (Å²) in [7, 11) is 0. The number of hydrogen-bond donors (Lipinski definition) is 2. The van der Waals surface area contributed by atoms with Crippen molar-refractivity contribution < 1.29 is 4.79 Å². The third kappa shape index (κ3) is 2.43. The summed E-state index contributed by atoms with van der Waals surface area (Å²) in [6.07, 6.45) is 3.10. The van der Waals surface area contributed by atoms with Crippen molar-refractivity contribution in [2.45, 2.75) is 6.17 Å². The minimum atomic E-state index is -0.308. The molecule has 23 heavy (non-hydrogen) atoms. The Morgan fingerprint density at radius 2 is 1.83 bits per heavy atom. The second-order valence-corrected chi connectivity index (χ2v) is 6.69. The zero-order chi connectivity index (χ0) is 15.8. The van der Waals surface area contributed by atoms with Crippen LogP contribution in [0.15, 0.2) is 54.9 Å². The molecule has 1 amide bonds. The first-order valence-electron chi connectivity index (χ1n) is 7.02. The van der Waals surface area contributed by atoms with Crippen molar-refractivity contribution in [1.82, 2.24) is 14.9 Å². The molecule has 0 fully saturated rings. The zero-order valence-electron chi connectivity index (χ0n) is 11.9. The van der Waals surface area contributed by atoms with Crippen LogP contribution in [0, 0.1) is 3.95 Å². The molecule has 5 nitrogen and oxygen atoms in total. The molecule has 2 aromatic heterocycles. The largest absolute Gasteiger partial charge is 0.346 e. The number of carbonyl (C=O) groups excluding carboxylic acids is 1. The predicted molar refractivity (Wildman–Crippen MR) is 92.5 cm³/mol. The van der Waals surface area contributed by atoms with E-state index < -0.39 is 0 Å². The molecular weight excluding hydrogens is 328 g/mol. The lowest BCUT2D eigenvalue weighted by atomic mass is 10.2. The van der Waals surface area contributed by atoms with E-state index in [1.807, 2.05) is 47.0 Å². The van der Waals surface area contributed by atoms with E-state index in [0.29, 0.717) is 8.83 Å². The van der Waals surface area contributed by atoms with Crippen molar-refractivity contribution >= 4 is 35.3 Å². The van der Waals surface area contributed by atoms with Gasteiger partial charge in [0, 0.05) is 18.1 Å². The lowest BCUT2D eigenvalue weighted by molar-refractivity contribution is 0.0939. The summed E-state index contributed by atoms with van der Waals surface area (Å²) in [5.41, 5.74) is 1.88. The summed E-state index contributed by atoms with van der Waals surface area (Å²) in [6.45, 7) is 0. The van der Waals surface area contributed by atoms with E-state index in [0.717, 1.165) is 17.1 Å². The molecule has 3 aromatic rings. The van der Waals surface area contributed by atoms with Gasteiger partial charge in [-0.2, -0.15) is 0 Å². The van der Waals surface area contributed by atoms with Crippen LogP contribution in [-0.4, -0.2) is 15.5 Å². The molecule has 1 atom stereocenters. The molecule has 0 saturated heterocycles. The lowest BCUT2D eigenvalue weighted by Crippen LogP contribution is -2.38. The summed E-state index contributed by atoms with van der Waals surface area (Å²) in [4.78, 5) is 17.1. The van der Waals surface area contributed by atoms with Gasteiger partial charge in [-0.1, -0.05) is 29.5 Å². The quantitative estimate of drug-likeness (QED) is 0.701. The van der Waals surface area contributed by atoms with Crippen molar-refractivity contribution in [3.8, 4) is 5.69 Å². The maximum Gasteiger partial charge on any atom is 0.267 e. The second kappa shape index (κ2) is 5.60. The van der Waals surface area contributed by atoms with Gasteiger partial charge in [-0.15, -0.1) is 0 Å². The van der Waals surface area contributed by atoms with Crippen LogP contribution in [0.4, 0.5) is 5.82 Å². The highest BCUT2D eigenvalue weighted by Gasteiger charge is 2.29. The minimum absolute atomic E-state index is 0.119. The SMILES string of the molecule is O=C1N[C@@H](c2ccncc2)Nc2c1sc(=S)n2-c1ccccc1. The Hall–Kier alpha value is -2.51. The van der Waals surface area contributed by atoms with E-state index in [4.69, 9.17) is 12.2 Å². The molecule has 1 aromatic carbocycles. The predicted octanol–water partition coefficient (Wildman–Crippen LogP) is 3.52. The summed E-state index contributed by atoms with van der Waals surface area (Å²) >= 11 is 6.77. The number of pyridine rings is 1. The van der Waals surface area contributed by atoms with Gasteiger partial charge in [-0.3, -0.25) is 14.3 Å². The van der Waals surface area contributed by atoms with Crippen LogP contribution in [0.25, 0.3) is 5.69 Å². The molecule has 4 rings (SSSR count). The number of amides is 1. The topological polar surface area (TPSA) is 59.0 Å². The molecule has 0 saturated carbocycles. The van der Waals surface area contributed by atoms with Gasteiger partial charge in [-0.25, -0.2) is 0 Å². The number of para-hydroxylation sites is 1. The van der Waals surface area contributed by atoms with Gasteiger partial charge in [0.2, 0.25) is 0 Å². The minimum Gasteiger partial charge on any atom is -0.346 e. The van der Waals surface area contributed by atoms with E-state index in [-0.39, 0.29) is 12.1 Å². The standard InChI is InChI=1S/C16H12N4OS2/c21-15-12-14(18-13(19-15)10-6-8-17-9-7-10)20(16(22)23-12)11-4-2-1-3-5-11/h1-9,13,18H,(H,19,21)/t13-/m0/s1. The Balaban J connectivity index is 1.83. The number of carbonyl (C=O) groups is 1. The van der Waals surface area contributed by atoms with Gasteiger partial charge in [0.15, 0.2) is 3.95 Å². The average molecular weight is 340 g/mol. The van der Waals surface area contributed by atoms with E-state index >= 15 is 0 Å². The number of benzene rings is 1. The third-order valence-corrected chi connectivity index (χ3v) is 5.00. The molecule has 114 valence electrons. The van der Waals surface area contributed by atoms with Crippen LogP contribution in [0.1, 0.15) is 21.4 Å². The smallest absolute Gasteiger partial charge is 0.267 e. The Labute approximate surface area is 141 Å². The van der Waals surface area contributed by atoms with E-state index in [1.54, 1.807) is 12.4 Å². The first-order valence-corrected chi connectivity index (χ1v) is 8.25. The third-order valence-electron chi connectivity index (χ3n) is 3.63. The maximum atomic E-state index is 12.5. The lowest BCUT2D eigenvalue weighted by Gasteiger charge is -2.27. The molecule has 0 radical (unpaired) electrons. The molecule has 3 heterocycles. The summed E-state index contributed by atoms with van der Waals surface area (Å²) in [6, 6.07) is 13.5. The highest BCUT2D eigenvalue weighted by atomic mass is 32.1. The molecule has 1 aliphatic heterocycles. The van der Waals surface area contributed by atoms with Crippen molar-refractivity contribution in [3.63, 3.8) is 0 Å². The normalized spacial score (nSPS) is 16.3. The van der Waals surface area contributed by atoms with Crippen molar-refractivity contribution in [3.05, 3.63) is 69.3 Å². The summed E-state index contributed by atoms with van der Waals surface area (Å²) in [5.74, 6) is 0.614. The van der Waals surface area contributed by atoms with Gasteiger partial charge in [0.25, 0.3) is 5.91 Å². The Kier molecular flexibility index (Phi) is 3.44. The summed E-state index contributed by atoms with van der Waals surface area (Å²) < 4.78 is 2.54. The van der Waals surface area contributed by atoms with Crippen LogP contribution in [0.3, 0.4) is 0 Å². The van der Waals surface area contributed by atoms with Crippen LogP contribution < -0.4 is 10.6 Å². The maximum absolute atomic E-state index is 12.5. The number of aromatic nitrogens is 2. The van der Waals surface area contributed by atoms with Gasteiger partial charge < -0.3 is 10.6 Å². The number of rotatable bonds is 2. The average Bonchev–Trinajstić information content (AvgIpc) is 2.93. The Morgan fingerprint density at radius 3 is 2.57 bits per heavy atom. The first kappa shape index (κ1) is 14.1. The molecule has 1 aliphatic rings. The Morgan fingerprint density at radius 1 is 1.09 bits per heavy atom.